The lowest BCUT2D eigenvalue weighted by Gasteiger charge is -2.34. The van der Waals surface area contributed by atoms with Crippen molar-refractivity contribution >= 4 is 33.4 Å². The van der Waals surface area contributed by atoms with E-state index in [2.05, 4.69) is 4.72 Å². The highest BCUT2D eigenvalue weighted by Gasteiger charge is 2.25. The molecule has 1 aromatic heterocycles. The molecular formula is C19H23N3O5S2. The second-order valence-electron chi connectivity index (χ2n) is 6.41. The van der Waals surface area contributed by atoms with Gasteiger partial charge in [-0.3, -0.25) is 4.79 Å². The minimum atomic E-state index is -3.65. The van der Waals surface area contributed by atoms with E-state index in [0.717, 1.165) is 4.88 Å². The van der Waals surface area contributed by atoms with Crippen LogP contribution in [0.15, 0.2) is 46.7 Å². The maximum atomic E-state index is 12.7. The molecule has 0 unspecified atom stereocenters. The zero-order valence-electron chi connectivity index (χ0n) is 16.0. The third-order valence-electron chi connectivity index (χ3n) is 4.52. The molecule has 0 bridgehead atoms. The number of ether oxygens (including phenoxy) is 1. The van der Waals surface area contributed by atoms with Crippen LogP contribution in [0.5, 0.6) is 0 Å². The number of amides is 2. The summed E-state index contributed by atoms with van der Waals surface area (Å²) in [6.07, 6.45) is -0.371. The fraction of sp³-hybridized carbons (Fsp3) is 0.368. The molecule has 0 radical (unpaired) electrons. The average molecular weight is 438 g/mol. The van der Waals surface area contributed by atoms with Gasteiger partial charge in [-0.05, 0) is 42.6 Å². The van der Waals surface area contributed by atoms with Crippen molar-refractivity contribution in [3.05, 3.63) is 52.2 Å². The average Bonchev–Trinajstić information content (AvgIpc) is 3.26. The summed E-state index contributed by atoms with van der Waals surface area (Å²) in [6.45, 7) is 3.91. The fourth-order valence-electron chi connectivity index (χ4n) is 2.93. The number of piperazine rings is 1. The summed E-state index contributed by atoms with van der Waals surface area (Å²) in [5.41, 5.74) is 0.409. The molecule has 1 aromatic carbocycles. The molecule has 29 heavy (non-hydrogen) atoms. The van der Waals surface area contributed by atoms with Crippen LogP contribution in [0.1, 0.15) is 22.2 Å². The van der Waals surface area contributed by atoms with Crippen LogP contribution in [0.4, 0.5) is 4.79 Å². The van der Waals surface area contributed by atoms with E-state index < -0.39 is 10.0 Å². The molecule has 10 heteroatoms. The van der Waals surface area contributed by atoms with Crippen molar-refractivity contribution in [2.75, 3.05) is 32.8 Å². The van der Waals surface area contributed by atoms with Gasteiger partial charge < -0.3 is 14.5 Å². The third kappa shape index (κ3) is 5.34. The van der Waals surface area contributed by atoms with Crippen LogP contribution in [0.2, 0.25) is 0 Å². The van der Waals surface area contributed by atoms with E-state index in [4.69, 9.17) is 4.74 Å². The molecule has 2 aromatic rings. The van der Waals surface area contributed by atoms with Gasteiger partial charge in [-0.1, -0.05) is 6.07 Å². The van der Waals surface area contributed by atoms with Crippen LogP contribution in [-0.4, -0.2) is 63.0 Å². The van der Waals surface area contributed by atoms with Gasteiger partial charge in [-0.2, -0.15) is 0 Å². The molecule has 156 valence electrons. The van der Waals surface area contributed by atoms with Gasteiger partial charge in [0.05, 0.1) is 11.5 Å². The number of benzene rings is 1. The summed E-state index contributed by atoms with van der Waals surface area (Å²) in [4.78, 5) is 28.7. The molecule has 0 aliphatic carbocycles. The van der Waals surface area contributed by atoms with Crippen molar-refractivity contribution in [3.8, 4) is 0 Å². The first kappa shape index (κ1) is 21.3. The maximum Gasteiger partial charge on any atom is 0.409 e. The Hall–Kier alpha value is -2.43. The highest BCUT2D eigenvalue weighted by molar-refractivity contribution is 7.89. The minimum Gasteiger partial charge on any atom is -0.450 e. The van der Waals surface area contributed by atoms with Crippen molar-refractivity contribution in [3.63, 3.8) is 0 Å². The topological polar surface area (TPSA) is 96.0 Å². The van der Waals surface area contributed by atoms with Crippen molar-refractivity contribution in [1.82, 2.24) is 14.5 Å². The molecule has 1 saturated heterocycles. The summed E-state index contributed by atoms with van der Waals surface area (Å²) in [6, 6.07) is 9.61. The molecule has 1 fully saturated rings. The van der Waals surface area contributed by atoms with E-state index >= 15 is 0 Å². The van der Waals surface area contributed by atoms with Gasteiger partial charge in [-0.25, -0.2) is 17.9 Å². The van der Waals surface area contributed by atoms with Crippen molar-refractivity contribution in [1.29, 1.82) is 0 Å². The van der Waals surface area contributed by atoms with Crippen molar-refractivity contribution in [2.45, 2.75) is 18.4 Å². The van der Waals surface area contributed by atoms with E-state index in [1.54, 1.807) is 16.7 Å². The van der Waals surface area contributed by atoms with Gasteiger partial charge >= 0.3 is 6.09 Å². The SMILES string of the molecule is CCOC(=O)N1CCN(C(=O)c2ccc(S(=O)(=O)NCc3cccs3)cc2)CC1. The lowest BCUT2D eigenvalue weighted by Crippen LogP contribution is -2.50. The van der Waals surface area contributed by atoms with Gasteiger partial charge in [0.2, 0.25) is 10.0 Å². The monoisotopic (exact) mass is 437 g/mol. The Bertz CT molecular complexity index is 935. The van der Waals surface area contributed by atoms with E-state index in [0.29, 0.717) is 38.3 Å². The van der Waals surface area contributed by atoms with Crippen LogP contribution in [0.3, 0.4) is 0 Å². The Morgan fingerprint density at radius 1 is 1.07 bits per heavy atom. The second-order valence-corrected chi connectivity index (χ2v) is 9.21. The summed E-state index contributed by atoms with van der Waals surface area (Å²) in [7, 11) is -3.65. The standard InChI is InChI=1S/C19H23N3O5S2/c1-2-27-19(24)22-11-9-21(10-12-22)18(23)15-5-7-17(8-6-15)29(25,26)20-14-16-4-3-13-28-16/h3-8,13,20H,2,9-12,14H2,1H3. The zero-order valence-corrected chi connectivity index (χ0v) is 17.7. The van der Waals surface area contributed by atoms with Crippen LogP contribution in [0.25, 0.3) is 0 Å². The maximum absolute atomic E-state index is 12.7. The van der Waals surface area contributed by atoms with Gasteiger partial charge in [-0.15, -0.1) is 11.3 Å². The molecule has 2 heterocycles. The Morgan fingerprint density at radius 2 is 1.72 bits per heavy atom. The first-order valence-corrected chi connectivity index (χ1v) is 11.6. The molecule has 2 amide bonds. The highest BCUT2D eigenvalue weighted by Crippen LogP contribution is 2.15. The molecular weight excluding hydrogens is 414 g/mol. The number of sulfonamides is 1. The summed E-state index contributed by atoms with van der Waals surface area (Å²) < 4.78 is 32.3. The third-order valence-corrected chi connectivity index (χ3v) is 6.81. The number of carbonyl (C=O) groups excluding carboxylic acids is 2. The van der Waals surface area contributed by atoms with E-state index in [9.17, 15) is 18.0 Å². The van der Waals surface area contributed by atoms with Crippen molar-refractivity contribution in [2.24, 2.45) is 0 Å². The molecule has 0 atom stereocenters. The van der Waals surface area contributed by atoms with Crippen LogP contribution < -0.4 is 4.72 Å². The quantitative estimate of drug-likeness (QED) is 0.747. The van der Waals surface area contributed by atoms with Crippen LogP contribution >= 0.6 is 11.3 Å². The predicted octanol–water partition coefficient (Wildman–Crippen LogP) is 2.14. The van der Waals surface area contributed by atoms with E-state index in [1.165, 1.54) is 35.6 Å². The molecule has 1 N–H and O–H groups in total. The van der Waals surface area contributed by atoms with Gasteiger partial charge in [0, 0.05) is 43.2 Å². The normalized spacial score (nSPS) is 14.7. The second kappa shape index (κ2) is 9.38. The molecule has 8 nitrogen and oxygen atoms in total. The lowest BCUT2D eigenvalue weighted by molar-refractivity contribution is 0.0570. The zero-order chi connectivity index (χ0) is 20.9. The van der Waals surface area contributed by atoms with Gasteiger partial charge in [0.15, 0.2) is 0 Å². The number of carbonyl (C=O) groups is 2. The lowest BCUT2D eigenvalue weighted by atomic mass is 10.2. The Labute approximate surface area is 174 Å². The Balaban J connectivity index is 1.58. The Kier molecular flexibility index (Phi) is 6.88. The van der Waals surface area contributed by atoms with Crippen molar-refractivity contribution < 1.29 is 22.7 Å². The number of nitrogens with one attached hydrogen (secondary N) is 1. The number of thiophene rings is 1. The van der Waals surface area contributed by atoms with Gasteiger partial charge in [0.25, 0.3) is 5.91 Å². The molecule has 3 rings (SSSR count). The number of hydrogen-bond acceptors (Lipinski definition) is 6. The van der Waals surface area contributed by atoms with E-state index in [1.807, 2.05) is 17.5 Å². The number of rotatable bonds is 6. The fourth-order valence-corrected chi connectivity index (χ4v) is 4.67. The number of nitrogens with zero attached hydrogens (tertiary/aromatic N) is 2. The molecule has 0 saturated carbocycles. The first-order valence-electron chi connectivity index (χ1n) is 9.24. The van der Waals surface area contributed by atoms with Crippen LogP contribution in [0, 0.1) is 0 Å². The van der Waals surface area contributed by atoms with Crippen LogP contribution in [-0.2, 0) is 21.3 Å². The highest BCUT2D eigenvalue weighted by atomic mass is 32.2. The minimum absolute atomic E-state index is 0.109. The summed E-state index contributed by atoms with van der Waals surface area (Å²) >= 11 is 1.48. The summed E-state index contributed by atoms with van der Waals surface area (Å²) in [5.74, 6) is -0.191. The predicted molar refractivity (Wildman–Crippen MR) is 109 cm³/mol. The van der Waals surface area contributed by atoms with Gasteiger partial charge in [0.1, 0.15) is 0 Å². The molecule has 0 spiro atoms. The smallest absolute Gasteiger partial charge is 0.409 e. The Morgan fingerprint density at radius 3 is 2.31 bits per heavy atom. The molecule has 1 aliphatic heterocycles. The van der Waals surface area contributed by atoms with E-state index in [-0.39, 0.29) is 23.4 Å². The molecule has 1 aliphatic rings. The largest absolute Gasteiger partial charge is 0.450 e. The number of hydrogen-bond donors (Lipinski definition) is 1. The first-order chi connectivity index (χ1) is 13.9. The summed E-state index contributed by atoms with van der Waals surface area (Å²) in [5, 5.41) is 1.89.